The molecule has 1 heterocycles. The summed E-state index contributed by atoms with van der Waals surface area (Å²) in [5.74, 6) is 0.572. The fraction of sp³-hybridized carbons (Fsp3) is 0.400. The minimum atomic E-state index is -3.70. The van der Waals surface area contributed by atoms with Crippen molar-refractivity contribution in [1.29, 1.82) is 0 Å². The summed E-state index contributed by atoms with van der Waals surface area (Å²) >= 11 is 0. The van der Waals surface area contributed by atoms with Crippen molar-refractivity contribution in [3.63, 3.8) is 0 Å². The van der Waals surface area contributed by atoms with Gasteiger partial charge in [0.25, 0.3) is 10.2 Å². The van der Waals surface area contributed by atoms with E-state index in [1.165, 1.54) is 10.4 Å². The van der Waals surface area contributed by atoms with Gasteiger partial charge in [-0.2, -0.15) is 12.7 Å². The number of carbonyl (C=O) groups excluding carboxylic acids is 1. The molecule has 1 aromatic carbocycles. The monoisotopic (exact) mass is 339 g/mol. The minimum Gasteiger partial charge on any atom is -0.497 e. The molecule has 0 unspecified atom stereocenters. The first-order valence-corrected chi connectivity index (χ1v) is 8.79. The molecule has 7 nitrogen and oxygen atoms in total. The predicted molar refractivity (Wildman–Crippen MR) is 87.9 cm³/mol. The number of methoxy groups -OCH3 is 1. The van der Waals surface area contributed by atoms with Crippen molar-refractivity contribution in [2.24, 2.45) is 5.14 Å². The molecule has 2 rings (SSSR count). The van der Waals surface area contributed by atoms with Crippen molar-refractivity contribution in [3.05, 3.63) is 35.9 Å². The Morgan fingerprint density at radius 2 is 2.04 bits per heavy atom. The highest BCUT2D eigenvalue weighted by Crippen LogP contribution is 2.14. The Kier molecular flexibility index (Phi) is 5.75. The van der Waals surface area contributed by atoms with E-state index in [-0.39, 0.29) is 12.5 Å². The number of ether oxygens (including phenoxy) is 1. The van der Waals surface area contributed by atoms with Crippen LogP contribution in [0.25, 0.3) is 6.08 Å². The number of hydrogen-bond donors (Lipinski definition) is 1. The standard InChI is InChI=1S/C15H21N3O4S/c1-22-14-5-2-4-13(12-14)6-7-15(19)17-8-3-9-18(11-10-17)23(16,20)21/h2,4-7,12H,3,8-11H2,1H3,(H2,16,20,21). The Hall–Kier alpha value is -1.90. The zero-order chi connectivity index (χ0) is 16.9. The molecule has 0 aromatic heterocycles. The summed E-state index contributed by atoms with van der Waals surface area (Å²) in [5, 5.41) is 5.13. The maximum Gasteiger partial charge on any atom is 0.276 e. The van der Waals surface area contributed by atoms with Gasteiger partial charge in [0.2, 0.25) is 5.91 Å². The first-order chi connectivity index (χ1) is 10.9. The van der Waals surface area contributed by atoms with Gasteiger partial charge in [0.15, 0.2) is 0 Å². The smallest absolute Gasteiger partial charge is 0.276 e. The molecular formula is C15H21N3O4S. The third kappa shape index (κ3) is 5.05. The Labute approximate surface area is 136 Å². The van der Waals surface area contributed by atoms with Gasteiger partial charge in [-0.05, 0) is 30.2 Å². The Bertz CT molecular complexity index is 688. The van der Waals surface area contributed by atoms with Crippen molar-refractivity contribution < 1.29 is 17.9 Å². The fourth-order valence-electron chi connectivity index (χ4n) is 2.39. The molecule has 0 aliphatic carbocycles. The molecule has 0 saturated carbocycles. The van der Waals surface area contributed by atoms with Gasteiger partial charge in [0.1, 0.15) is 5.75 Å². The van der Waals surface area contributed by atoms with Gasteiger partial charge in [-0.25, -0.2) is 5.14 Å². The van der Waals surface area contributed by atoms with Crippen LogP contribution in [-0.4, -0.2) is 56.8 Å². The van der Waals surface area contributed by atoms with Crippen LogP contribution in [0.15, 0.2) is 30.3 Å². The summed E-state index contributed by atoms with van der Waals surface area (Å²) in [6, 6.07) is 7.38. The molecule has 0 radical (unpaired) electrons. The second kappa shape index (κ2) is 7.58. The van der Waals surface area contributed by atoms with Crippen LogP contribution in [0, 0.1) is 0 Å². The van der Waals surface area contributed by atoms with E-state index in [1.54, 1.807) is 18.1 Å². The van der Waals surface area contributed by atoms with E-state index in [0.29, 0.717) is 26.1 Å². The highest BCUT2D eigenvalue weighted by atomic mass is 32.2. The first-order valence-electron chi connectivity index (χ1n) is 7.29. The predicted octanol–water partition coefficient (Wildman–Crippen LogP) is 0.446. The lowest BCUT2D eigenvalue weighted by atomic mass is 10.2. The molecule has 23 heavy (non-hydrogen) atoms. The van der Waals surface area contributed by atoms with Gasteiger partial charge in [-0.3, -0.25) is 4.79 Å². The lowest BCUT2D eigenvalue weighted by Gasteiger charge is -2.19. The van der Waals surface area contributed by atoms with Crippen molar-refractivity contribution in [2.75, 3.05) is 33.3 Å². The van der Waals surface area contributed by atoms with E-state index in [4.69, 9.17) is 9.88 Å². The number of nitrogens with two attached hydrogens (primary N) is 1. The molecule has 1 amide bonds. The molecule has 0 atom stereocenters. The highest BCUT2D eigenvalue weighted by Gasteiger charge is 2.23. The van der Waals surface area contributed by atoms with Crippen molar-refractivity contribution in [3.8, 4) is 5.75 Å². The van der Waals surface area contributed by atoms with E-state index >= 15 is 0 Å². The quantitative estimate of drug-likeness (QED) is 0.806. The molecule has 1 fully saturated rings. The normalized spacial score (nSPS) is 17.2. The average molecular weight is 339 g/mol. The van der Waals surface area contributed by atoms with E-state index in [9.17, 15) is 13.2 Å². The van der Waals surface area contributed by atoms with Crippen molar-refractivity contribution in [1.82, 2.24) is 9.21 Å². The topological polar surface area (TPSA) is 92.9 Å². The van der Waals surface area contributed by atoms with Gasteiger partial charge < -0.3 is 9.64 Å². The van der Waals surface area contributed by atoms with Crippen LogP contribution in [0.5, 0.6) is 5.75 Å². The van der Waals surface area contributed by atoms with E-state index in [2.05, 4.69) is 0 Å². The third-order valence-electron chi connectivity index (χ3n) is 3.64. The van der Waals surface area contributed by atoms with Gasteiger partial charge in [0, 0.05) is 32.3 Å². The number of benzene rings is 1. The zero-order valence-corrected chi connectivity index (χ0v) is 13.8. The molecule has 2 N–H and O–H groups in total. The maximum atomic E-state index is 12.2. The average Bonchev–Trinajstić information content (AvgIpc) is 2.78. The van der Waals surface area contributed by atoms with Crippen LogP contribution in [0.4, 0.5) is 0 Å². The van der Waals surface area contributed by atoms with Crippen LogP contribution in [0.2, 0.25) is 0 Å². The summed E-state index contributed by atoms with van der Waals surface area (Å²) in [6.45, 7) is 1.39. The van der Waals surface area contributed by atoms with Gasteiger partial charge >= 0.3 is 0 Å². The molecule has 126 valence electrons. The van der Waals surface area contributed by atoms with Crippen molar-refractivity contribution in [2.45, 2.75) is 6.42 Å². The molecule has 0 spiro atoms. The van der Waals surface area contributed by atoms with Crippen LogP contribution in [0.1, 0.15) is 12.0 Å². The molecule has 1 aliphatic rings. The second-order valence-electron chi connectivity index (χ2n) is 5.23. The summed E-state index contributed by atoms with van der Waals surface area (Å²) in [6.07, 6.45) is 3.77. The zero-order valence-electron chi connectivity index (χ0n) is 13.0. The van der Waals surface area contributed by atoms with E-state index in [1.807, 2.05) is 24.3 Å². The number of rotatable bonds is 4. The largest absolute Gasteiger partial charge is 0.497 e. The maximum absolute atomic E-state index is 12.2. The van der Waals surface area contributed by atoms with Gasteiger partial charge in [0.05, 0.1) is 7.11 Å². The molecule has 0 bridgehead atoms. The molecule has 1 saturated heterocycles. The number of nitrogens with zero attached hydrogens (tertiary/aromatic N) is 2. The highest BCUT2D eigenvalue weighted by molar-refractivity contribution is 7.86. The summed E-state index contributed by atoms with van der Waals surface area (Å²) in [4.78, 5) is 13.9. The lowest BCUT2D eigenvalue weighted by Crippen LogP contribution is -2.40. The SMILES string of the molecule is COc1cccc(C=CC(=O)N2CCCN(S(N)(=O)=O)CC2)c1. The Balaban J connectivity index is 1.99. The number of hydrogen-bond acceptors (Lipinski definition) is 4. The summed E-state index contributed by atoms with van der Waals surface area (Å²) in [5.41, 5.74) is 0.860. The van der Waals surface area contributed by atoms with Crippen molar-refractivity contribution >= 4 is 22.2 Å². The molecule has 1 aromatic rings. The third-order valence-corrected chi connectivity index (χ3v) is 4.72. The lowest BCUT2D eigenvalue weighted by molar-refractivity contribution is -0.125. The number of carbonyl (C=O) groups is 1. The molecule has 8 heteroatoms. The van der Waals surface area contributed by atoms with Crippen LogP contribution >= 0.6 is 0 Å². The fourth-order valence-corrected chi connectivity index (χ4v) is 3.11. The van der Waals surface area contributed by atoms with Crippen LogP contribution in [0.3, 0.4) is 0 Å². The van der Waals surface area contributed by atoms with Gasteiger partial charge in [-0.1, -0.05) is 12.1 Å². The first kappa shape index (κ1) is 17.5. The second-order valence-corrected chi connectivity index (χ2v) is 6.78. The minimum absolute atomic E-state index is 0.149. The van der Waals surface area contributed by atoms with Gasteiger partial charge in [-0.15, -0.1) is 0 Å². The molecular weight excluding hydrogens is 318 g/mol. The van der Waals surface area contributed by atoms with E-state index < -0.39 is 10.2 Å². The van der Waals surface area contributed by atoms with E-state index in [0.717, 1.165) is 11.3 Å². The molecule has 1 aliphatic heterocycles. The Morgan fingerprint density at radius 3 is 2.74 bits per heavy atom. The summed E-state index contributed by atoms with van der Waals surface area (Å²) < 4.78 is 29.1. The van der Waals surface area contributed by atoms with Crippen LogP contribution < -0.4 is 9.88 Å². The Morgan fingerprint density at radius 1 is 1.26 bits per heavy atom. The number of amides is 1. The van der Waals surface area contributed by atoms with Crippen LogP contribution in [-0.2, 0) is 15.0 Å². The summed E-state index contributed by atoms with van der Waals surface area (Å²) in [7, 11) is -2.11.